The minimum Gasteiger partial charge on any atom is -0.461 e. The molecular weight excluding hydrogens is 446 g/mol. The van der Waals surface area contributed by atoms with Gasteiger partial charge in [-0.3, -0.25) is 9.59 Å². The van der Waals surface area contributed by atoms with Crippen molar-refractivity contribution < 1.29 is 19.4 Å². The number of esters is 1. The zero-order valence-electron chi connectivity index (χ0n) is 21.6. The highest BCUT2D eigenvalue weighted by molar-refractivity contribution is 8.00. The van der Waals surface area contributed by atoms with E-state index >= 15 is 0 Å². The molecule has 4 saturated carbocycles. The maximum Gasteiger partial charge on any atom is 0.316 e. The van der Waals surface area contributed by atoms with Gasteiger partial charge in [0.05, 0.1) is 11.9 Å². The number of carbonyl (C=O) groups is 2. The number of hydrogen-bond acceptors (Lipinski definition) is 6. The first-order chi connectivity index (χ1) is 16.0. The number of hydrogen-bond donors (Lipinski definition) is 2. The van der Waals surface area contributed by atoms with Crippen LogP contribution in [0.3, 0.4) is 0 Å². The first kappa shape index (κ1) is 26.2. The molecule has 4 aliphatic carbocycles. The fraction of sp³-hybridized carbons (Fsp3) is 0.857. The summed E-state index contributed by atoms with van der Waals surface area (Å²) in [7, 11) is 0. The lowest BCUT2D eigenvalue weighted by molar-refractivity contribution is -0.205. The zero-order valence-corrected chi connectivity index (χ0v) is 22.4. The van der Waals surface area contributed by atoms with E-state index in [1.54, 1.807) is 11.8 Å². The van der Waals surface area contributed by atoms with Crippen molar-refractivity contribution in [1.29, 1.82) is 0 Å². The molecule has 3 N–H and O–H groups in total. The van der Waals surface area contributed by atoms with E-state index in [1.807, 2.05) is 13.0 Å². The van der Waals surface area contributed by atoms with Crippen molar-refractivity contribution in [2.24, 2.45) is 39.7 Å². The number of carbonyl (C=O) groups excluding carboxylic acids is 2. The monoisotopic (exact) mass is 491 g/mol. The molecule has 4 fully saturated rings. The molecule has 0 amide bonds. The maximum absolute atomic E-state index is 13.5. The molecule has 0 aromatic rings. The van der Waals surface area contributed by atoms with E-state index in [4.69, 9.17) is 10.5 Å². The van der Waals surface area contributed by atoms with Gasteiger partial charge in [-0.25, -0.2) is 0 Å². The number of thioether (sulfide) groups is 1. The summed E-state index contributed by atoms with van der Waals surface area (Å²) in [6.45, 7) is 12.7. The van der Waals surface area contributed by atoms with Crippen LogP contribution in [0.25, 0.3) is 0 Å². The van der Waals surface area contributed by atoms with E-state index in [-0.39, 0.29) is 35.2 Å². The summed E-state index contributed by atoms with van der Waals surface area (Å²) >= 11 is 1.66. The Kier molecular flexibility index (Phi) is 7.37. The fourth-order valence-electron chi connectivity index (χ4n) is 8.21. The van der Waals surface area contributed by atoms with Crippen molar-refractivity contribution in [3.05, 3.63) is 12.7 Å². The first-order valence-electron chi connectivity index (χ1n) is 13.4. The van der Waals surface area contributed by atoms with Gasteiger partial charge in [0, 0.05) is 34.5 Å². The van der Waals surface area contributed by atoms with Gasteiger partial charge in [0.1, 0.15) is 11.9 Å². The van der Waals surface area contributed by atoms with Crippen molar-refractivity contribution in [3.63, 3.8) is 0 Å². The summed E-state index contributed by atoms with van der Waals surface area (Å²) in [5.41, 5.74) is 4.87. The van der Waals surface area contributed by atoms with Crippen LogP contribution < -0.4 is 5.73 Å². The number of aliphatic hydroxyl groups excluding tert-OH is 1. The lowest BCUT2D eigenvalue weighted by atomic mass is 9.44. The van der Waals surface area contributed by atoms with Gasteiger partial charge in [-0.2, -0.15) is 0 Å². The van der Waals surface area contributed by atoms with Gasteiger partial charge < -0.3 is 15.6 Å². The van der Waals surface area contributed by atoms with Gasteiger partial charge in [-0.1, -0.05) is 40.2 Å². The molecule has 0 spiro atoms. The van der Waals surface area contributed by atoms with Crippen LogP contribution in [0.5, 0.6) is 0 Å². The molecule has 34 heavy (non-hydrogen) atoms. The summed E-state index contributed by atoms with van der Waals surface area (Å²) in [4.78, 5) is 26.7. The van der Waals surface area contributed by atoms with Crippen molar-refractivity contribution in [3.8, 4) is 0 Å². The smallest absolute Gasteiger partial charge is 0.316 e. The molecule has 10 atom stereocenters. The Labute approximate surface area is 210 Å². The number of ketones is 1. The molecular formula is C28H45NO4S. The molecule has 2 bridgehead atoms. The second-order valence-electron chi connectivity index (χ2n) is 12.4. The SMILES string of the molecule is C=C[C@]1(C)C[C@@H](OC(=O)CS[C@H]2CCC[C@H](N)C2)[C@]2(C)C(C)CCC3(CCC(=O)C32)[C@@H](C)C1O. The standard InChI is InChI=1S/C28H45NO4S/c1-6-26(4)15-22(33-23(31)16-34-20-9-7-8-19(29)14-20)27(5)17(2)10-12-28(18(3)25(26)32)13-11-21(30)24(27)28/h6,17-20,22,24-25,32H,1,7-16,29H2,2-5H3/t17?,18-,19-,20-,22+,24?,25?,26+,27-,28?/m0/s1. The third-order valence-electron chi connectivity index (χ3n) is 10.7. The summed E-state index contributed by atoms with van der Waals surface area (Å²) in [6.07, 6.45) is 8.85. The Bertz CT molecular complexity index is 818. The van der Waals surface area contributed by atoms with E-state index in [0.29, 0.717) is 29.6 Å². The van der Waals surface area contributed by atoms with Crippen molar-refractivity contribution >= 4 is 23.5 Å². The van der Waals surface area contributed by atoms with Gasteiger partial charge in [0.15, 0.2) is 0 Å². The van der Waals surface area contributed by atoms with Crippen LogP contribution in [0.4, 0.5) is 0 Å². The molecule has 6 heteroatoms. The molecule has 0 aromatic heterocycles. The molecule has 4 aliphatic rings. The molecule has 192 valence electrons. The van der Waals surface area contributed by atoms with Crippen LogP contribution in [0, 0.1) is 34.0 Å². The Balaban J connectivity index is 1.63. The Morgan fingerprint density at radius 1 is 1.26 bits per heavy atom. The first-order valence-corrected chi connectivity index (χ1v) is 14.4. The van der Waals surface area contributed by atoms with Crippen molar-refractivity contribution in [1.82, 2.24) is 0 Å². The van der Waals surface area contributed by atoms with Gasteiger partial charge >= 0.3 is 5.97 Å². The van der Waals surface area contributed by atoms with E-state index in [1.165, 1.54) is 0 Å². The average Bonchev–Trinajstić information content (AvgIpc) is 3.16. The topological polar surface area (TPSA) is 89.6 Å². The minimum atomic E-state index is -0.629. The molecule has 4 unspecified atom stereocenters. The predicted molar refractivity (Wildman–Crippen MR) is 137 cm³/mol. The molecule has 0 saturated heterocycles. The van der Waals surface area contributed by atoms with Crippen LogP contribution in [0.1, 0.15) is 85.5 Å². The molecule has 4 rings (SSSR count). The predicted octanol–water partition coefficient (Wildman–Crippen LogP) is 4.90. The molecule has 0 aromatic carbocycles. The van der Waals surface area contributed by atoms with Crippen LogP contribution in [0.2, 0.25) is 0 Å². The summed E-state index contributed by atoms with van der Waals surface area (Å²) in [5.74, 6) is 0.462. The largest absolute Gasteiger partial charge is 0.461 e. The Morgan fingerprint density at radius 3 is 2.68 bits per heavy atom. The number of Topliss-reactive ketones (excluding diaryl/α,β-unsaturated/α-hetero) is 1. The molecule has 0 aliphatic heterocycles. The Morgan fingerprint density at radius 2 is 2.00 bits per heavy atom. The van der Waals surface area contributed by atoms with E-state index in [9.17, 15) is 14.7 Å². The molecule has 0 radical (unpaired) electrons. The van der Waals surface area contributed by atoms with E-state index in [0.717, 1.165) is 44.9 Å². The number of ether oxygens (including phenoxy) is 1. The quantitative estimate of drug-likeness (QED) is 0.420. The van der Waals surface area contributed by atoms with Crippen LogP contribution in [0.15, 0.2) is 12.7 Å². The van der Waals surface area contributed by atoms with Crippen molar-refractivity contribution in [2.45, 2.75) is 109 Å². The lowest BCUT2D eigenvalue weighted by Crippen LogP contribution is -2.63. The minimum absolute atomic E-state index is 0.0125. The van der Waals surface area contributed by atoms with E-state index < -0.39 is 23.0 Å². The average molecular weight is 492 g/mol. The van der Waals surface area contributed by atoms with Crippen LogP contribution in [-0.4, -0.2) is 46.1 Å². The van der Waals surface area contributed by atoms with Crippen molar-refractivity contribution in [2.75, 3.05) is 5.75 Å². The highest BCUT2D eigenvalue weighted by atomic mass is 32.2. The van der Waals surface area contributed by atoms with Crippen LogP contribution >= 0.6 is 11.8 Å². The lowest BCUT2D eigenvalue weighted by Gasteiger charge is -2.61. The number of nitrogens with two attached hydrogens (primary N) is 1. The molecule has 5 nitrogen and oxygen atoms in total. The van der Waals surface area contributed by atoms with Gasteiger partial charge in [0.2, 0.25) is 0 Å². The zero-order chi connectivity index (χ0) is 24.9. The van der Waals surface area contributed by atoms with Gasteiger partial charge in [0.25, 0.3) is 0 Å². The second-order valence-corrected chi connectivity index (χ2v) is 13.7. The van der Waals surface area contributed by atoms with Crippen LogP contribution in [-0.2, 0) is 14.3 Å². The number of rotatable bonds is 5. The highest BCUT2D eigenvalue weighted by Gasteiger charge is 2.68. The summed E-state index contributed by atoms with van der Waals surface area (Å²) in [6, 6.07) is 0.230. The third-order valence-corrected chi connectivity index (χ3v) is 12.0. The third kappa shape index (κ3) is 4.20. The normalized spacial score (nSPS) is 49.0. The highest BCUT2D eigenvalue weighted by Crippen LogP contribution is 2.68. The summed E-state index contributed by atoms with van der Waals surface area (Å²) in [5, 5.41) is 12.0. The fourth-order valence-corrected chi connectivity index (χ4v) is 9.37. The van der Waals surface area contributed by atoms with E-state index in [2.05, 4.69) is 27.4 Å². The second kappa shape index (κ2) is 9.55. The van der Waals surface area contributed by atoms with Gasteiger partial charge in [-0.05, 0) is 62.2 Å². The maximum atomic E-state index is 13.5. The number of aliphatic hydroxyl groups is 1. The Hall–Kier alpha value is -0.850. The van der Waals surface area contributed by atoms with Gasteiger partial charge in [-0.15, -0.1) is 18.3 Å². The summed E-state index contributed by atoms with van der Waals surface area (Å²) < 4.78 is 6.34. The molecule has 0 heterocycles.